The Morgan fingerprint density at radius 2 is 1.90 bits per heavy atom. The molecule has 0 amide bonds. The average molecular weight is 391 g/mol. The molecule has 29 heavy (non-hydrogen) atoms. The molecule has 3 atom stereocenters. The number of methoxy groups -OCH3 is 1. The molecular formula is C23H21NO5. The van der Waals surface area contributed by atoms with Crippen molar-refractivity contribution in [3.05, 3.63) is 58.8 Å². The van der Waals surface area contributed by atoms with E-state index in [0.29, 0.717) is 22.8 Å². The lowest BCUT2D eigenvalue weighted by Gasteiger charge is -2.41. The van der Waals surface area contributed by atoms with Crippen LogP contribution in [-0.4, -0.2) is 30.1 Å². The van der Waals surface area contributed by atoms with Gasteiger partial charge in [-0.15, -0.1) is 0 Å². The lowest BCUT2D eigenvalue weighted by molar-refractivity contribution is -0.102. The van der Waals surface area contributed by atoms with Gasteiger partial charge in [0.2, 0.25) is 6.79 Å². The van der Waals surface area contributed by atoms with Crippen LogP contribution < -0.4 is 14.2 Å². The van der Waals surface area contributed by atoms with Gasteiger partial charge in [-0.25, -0.2) is 4.98 Å². The van der Waals surface area contributed by atoms with E-state index >= 15 is 0 Å². The maximum absolute atomic E-state index is 12.2. The van der Waals surface area contributed by atoms with E-state index in [-0.39, 0.29) is 19.0 Å². The van der Waals surface area contributed by atoms with Gasteiger partial charge in [-0.1, -0.05) is 24.3 Å². The fraction of sp³-hybridized carbons (Fsp3) is 0.348. The number of aromatic nitrogens is 1. The van der Waals surface area contributed by atoms with Crippen molar-refractivity contribution in [3.8, 4) is 17.2 Å². The van der Waals surface area contributed by atoms with Gasteiger partial charge >= 0.3 is 0 Å². The molecule has 6 heteroatoms. The molecule has 6 rings (SSSR count). The van der Waals surface area contributed by atoms with Gasteiger partial charge in [-0.3, -0.25) is 0 Å². The Hall–Kier alpha value is -2.83. The highest BCUT2D eigenvalue weighted by Gasteiger charge is 2.53. The topological polar surface area (TPSA) is 70.0 Å². The maximum atomic E-state index is 12.2. The monoisotopic (exact) mass is 391 g/mol. The third-order valence-electron chi connectivity index (χ3n) is 6.42. The summed E-state index contributed by atoms with van der Waals surface area (Å²) in [6.07, 6.45) is 1.15. The number of aryl methyl sites for hydroxylation is 1. The molecule has 1 fully saturated rings. The first kappa shape index (κ1) is 17.1. The van der Waals surface area contributed by atoms with Crippen LogP contribution >= 0.6 is 0 Å². The number of aliphatic hydroxyl groups is 1. The number of para-hydroxylation sites is 1. The van der Waals surface area contributed by atoms with Gasteiger partial charge in [-0.05, 0) is 37.5 Å². The highest BCUT2D eigenvalue weighted by molar-refractivity contribution is 5.93. The highest BCUT2D eigenvalue weighted by Crippen LogP contribution is 2.57. The molecule has 1 aromatic heterocycles. The van der Waals surface area contributed by atoms with Crippen LogP contribution in [-0.2, 0) is 10.3 Å². The molecule has 1 saturated heterocycles. The molecule has 2 aromatic carbocycles. The summed E-state index contributed by atoms with van der Waals surface area (Å²) in [6.45, 7) is 2.09. The minimum Gasteiger partial charge on any atom is -0.496 e. The normalized spacial score (nSPS) is 26.6. The fourth-order valence-corrected chi connectivity index (χ4v) is 5.18. The van der Waals surface area contributed by atoms with Crippen molar-refractivity contribution in [2.45, 2.75) is 37.6 Å². The largest absolute Gasteiger partial charge is 0.496 e. The molecule has 0 saturated carbocycles. The molecular weight excluding hydrogens is 370 g/mol. The fourth-order valence-electron chi connectivity index (χ4n) is 5.18. The first-order chi connectivity index (χ1) is 14.1. The smallest absolute Gasteiger partial charge is 0.231 e. The van der Waals surface area contributed by atoms with Crippen LogP contribution in [0.25, 0.3) is 10.9 Å². The van der Waals surface area contributed by atoms with Crippen molar-refractivity contribution in [1.29, 1.82) is 0 Å². The Labute approximate surface area is 168 Å². The van der Waals surface area contributed by atoms with Gasteiger partial charge in [0.1, 0.15) is 11.4 Å². The van der Waals surface area contributed by atoms with E-state index in [1.807, 2.05) is 43.3 Å². The molecule has 3 aromatic rings. The Morgan fingerprint density at radius 3 is 2.76 bits per heavy atom. The predicted octanol–water partition coefficient (Wildman–Crippen LogP) is 3.75. The predicted molar refractivity (Wildman–Crippen MR) is 105 cm³/mol. The van der Waals surface area contributed by atoms with Gasteiger partial charge in [0.15, 0.2) is 11.5 Å². The number of hydrogen-bond donors (Lipinski definition) is 1. The number of benzene rings is 2. The van der Waals surface area contributed by atoms with Crippen molar-refractivity contribution in [2.75, 3.05) is 13.9 Å². The molecule has 0 unspecified atom stereocenters. The van der Waals surface area contributed by atoms with Gasteiger partial charge in [0.25, 0.3) is 0 Å². The summed E-state index contributed by atoms with van der Waals surface area (Å²) in [7, 11) is 1.62. The van der Waals surface area contributed by atoms with Gasteiger partial charge in [0, 0.05) is 11.1 Å². The van der Waals surface area contributed by atoms with Crippen LogP contribution in [0.4, 0.5) is 0 Å². The second kappa shape index (κ2) is 5.84. The Balaban J connectivity index is 1.71. The molecule has 2 bridgehead atoms. The zero-order valence-electron chi connectivity index (χ0n) is 16.3. The first-order valence-corrected chi connectivity index (χ1v) is 9.87. The van der Waals surface area contributed by atoms with E-state index in [2.05, 4.69) is 0 Å². The third kappa shape index (κ3) is 2.10. The number of ether oxygens (including phenoxy) is 4. The Morgan fingerprint density at radius 1 is 1.07 bits per heavy atom. The van der Waals surface area contributed by atoms with E-state index in [4.69, 9.17) is 23.9 Å². The number of fused-ring (bicyclic) bond motifs is 8. The third-order valence-corrected chi connectivity index (χ3v) is 6.42. The number of rotatable bonds is 2. The average Bonchev–Trinajstić information content (AvgIpc) is 3.41. The maximum Gasteiger partial charge on any atom is 0.231 e. The Bertz CT molecular complexity index is 1160. The highest BCUT2D eigenvalue weighted by atomic mass is 16.7. The minimum atomic E-state index is -1.32. The molecule has 0 radical (unpaired) electrons. The standard InChI is InChI=1S/C23H21NO5/c1-12-21-22(28-11-27-21)20-15(24-12)8-7-14-19(20)17-9-10-18(29-17)23(14,25)13-5-3-4-6-16(13)26-2/h3-8,17-18,25H,9-11H2,1-2H3/t17-,18+,23-/m0/s1. The van der Waals surface area contributed by atoms with E-state index in [1.54, 1.807) is 7.11 Å². The zero-order chi connectivity index (χ0) is 19.8. The lowest BCUT2D eigenvalue weighted by Crippen LogP contribution is -2.44. The van der Waals surface area contributed by atoms with Crippen LogP contribution in [0, 0.1) is 6.92 Å². The van der Waals surface area contributed by atoms with Gasteiger partial charge in [-0.2, -0.15) is 0 Å². The molecule has 3 aliphatic rings. The van der Waals surface area contributed by atoms with Gasteiger partial charge < -0.3 is 24.1 Å². The van der Waals surface area contributed by atoms with Gasteiger partial charge in [0.05, 0.1) is 35.9 Å². The van der Waals surface area contributed by atoms with Crippen LogP contribution in [0.1, 0.15) is 41.3 Å². The molecule has 3 aliphatic heterocycles. The van der Waals surface area contributed by atoms with Crippen molar-refractivity contribution in [3.63, 3.8) is 0 Å². The summed E-state index contributed by atoms with van der Waals surface area (Å²) in [5, 5.41) is 13.0. The van der Waals surface area contributed by atoms with Crippen LogP contribution in [0.5, 0.6) is 17.2 Å². The molecule has 6 nitrogen and oxygen atoms in total. The summed E-state index contributed by atoms with van der Waals surface area (Å²) < 4.78 is 23.5. The molecule has 148 valence electrons. The SMILES string of the molecule is COc1ccccc1[C@]1(O)c2ccc3nc(C)c4c(c3c2[C@@H]2CC[C@H]1O2)OCO4. The molecule has 0 aliphatic carbocycles. The Kier molecular flexibility index (Phi) is 3.44. The summed E-state index contributed by atoms with van der Waals surface area (Å²) >= 11 is 0. The van der Waals surface area contributed by atoms with Crippen molar-refractivity contribution >= 4 is 10.9 Å². The minimum absolute atomic E-state index is 0.105. The second-order valence-electron chi connectivity index (χ2n) is 7.84. The lowest BCUT2D eigenvalue weighted by atomic mass is 9.77. The zero-order valence-corrected chi connectivity index (χ0v) is 16.3. The number of pyridine rings is 1. The van der Waals surface area contributed by atoms with Crippen LogP contribution in [0.3, 0.4) is 0 Å². The number of nitrogens with zero attached hydrogens (tertiary/aromatic N) is 1. The van der Waals surface area contributed by atoms with Crippen LogP contribution in [0.15, 0.2) is 36.4 Å². The quantitative estimate of drug-likeness (QED) is 0.718. The summed E-state index contributed by atoms with van der Waals surface area (Å²) in [4.78, 5) is 4.73. The molecule has 1 N–H and O–H groups in total. The number of hydrogen-bond acceptors (Lipinski definition) is 6. The van der Waals surface area contributed by atoms with Crippen LogP contribution in [0.2, 0.25) is 0 Å². The van der Waals surface area contributed by atoms with E-state index < -0.39 is 5.60 Å². The summed E-state index contributed by atoms with van der Waals surface area (Å²) in [5.74, 6) is 2.01. The van der Waals surface area contributed by atoms with E-state index in [1.165, 1.54) is 0 Å². The summed E-state index contributed by atoms with van der Waals surface area (Å²) in [6, 6.07) is 11.5. The van der Waals surface area contributed by atoms with E-state index in [9.17, 15) is 5.11 Å². The first-order valence-electron chi connectivity index (χ1n) is 9.87. The summed E-state index contributed by atoms with van der Waals surface area (Å²) in [5.41, 5.74) is 2.78. The molecule has 0 spiro atoms. The second-order valence-corrected chi connectivity index (χ2v) is 7.84. The molecule has 4 heterocycles. The van der Waals surface area contributed by atoms with Crippen molar-refractivity contribution in [1.82, 2.24) is 4.98 Å². The van der Waals surface area contributed by atoms with E-state index in [0.717, 1.165) is 40.6 Å². The van der Waals surface area contributed by atoms with Crippen molar-refractivity contribution in [2.24, 2.45) is 0 Å². The van der Waals surface area contributed by atoms with Crippen molar-refractivity contribution < 1.29 is 24.1 Å².